The van der Waals surface area contributed by atoms with E-state index in [2.05, 4.69) is 25.5 Å². The number of phenolic OH excluding ortho intramolecular Hbond substituents is 1. The molecule has 0 atom stereocenters. The van der Waals surface area contributed by atoms with Crippen LogP contribution in [0, 0.1) is 0 Å². The molecule has 4 rings (SSSR count). The minimum atomic E-state index is -0.229. The Morgan fingerprint density at radius 2 is 2.08 bits per heavy atom. The predicted octanol–water partition coefficient (Wildman–Crippen LogP) is 2.59. The molecule has 1 aromatic carbocycles. The number of rotatable bonds is 4. The Labute approximate surface area is 142 Å². The number of nitrogens with zero attached hydrogens (tertiary/aromatic N) is 2. The molecule has 25 heavy (non-hydrogen) atoms. The molecule has 1 amide bonds. The first-order chi connectivity index (χ1) is 12.2. The Bertz CT molecular complexity index is 1050. The first-order valence-electron chi connectivity index (χ1n) is 7.75. The SMILES string of the molecule is O=C(NCc1ccccc1O)c1c[nH]c(-c2[nH]nc3ncccc23)c1. The van der Waals surface area contributed by atoms with E-state index in [1.54, 1.807) is 36.7 Å². The number of H-pyrrole nitrogens is 2. The molecule has 4 N–H and O–H groups in total. The third-order valence-corrected chi connectivity index (χ3v) is 3.98. The summed E-state index contributed by atoms with van der Waals surface area (Å²) in [4.78, 5) is 19.6. The van der Waals surface area contributed by atoms with Crippen LogP contribution in [0.5, 0.6) is 5.75 Å². The van der Waals surface area contributed by atoms with Crippen LogP contribution in [0.25, 0.3) is 22.4 Å². The summed E-state index contributed by atoms with van der Waals surface area (Å²) in [6, 6.07) is 12.4. The fourth-order valence-corrected chi connectivity index (χ4v) is 2.66. The third kappa shape index (κ3) is 2.83. The number of fused-ring (bicyclic) bond motifs is 1. The molecule has 0 aliphatic carbocycles. The maximum atomic E-state index is 12.3. The van der Waals surface area contributed by atoms with Gasteiger partial charge in [0.2, 0.25) is 0 Å². The van der Waals surface area contributed by atoms with Crippen molar-refractivity contribution in [3.63, 3.8) is 0 Å². The van der Waals surface area contributed by atoms with E-state index in [0.29, 0.717) is 16.8 Å². The van der Waals surface area contributed by atoms with Crippen LogP contribution in [0.4, 0.5) is 0 Å². The number of aromatic nitrogens is 4. The van der Waals surface area contributed by atoms with E-state index in [4.69, 9.17) is 0 Å². The van der Waals surface area contributed by atoms with Crippen molar-refractivity contribution in [3.05, 3.63) is 66.0 Å². The second-order valence-corrected chi connectivity index (χ2v) is 5.59. The molecular weight excluding hydrogens is 318 g/mol. The zero-order chi connectivity index (χ0) is 17.2. The Balaban J connectivity index is 1.53. The van der Waals surface area contributed by atoms with E-state index in [-0.39, 0.29) is 18.2 Å². The molecule has 0 fully saturated rings. The van der Waals surface area contributed by atoms with Crippen molar-refractivity contribution in [2.24, 2.45) is 0 Å². The van der Waals surface area contributed by atoms with Crippen molar-refractivity contribution in [3.8, 4) is 17.1 Å². The first-order valence-corrected chi connectivity index (χ1v) is 7.75. The largest absolute Gasteiger partial charge is 0.508 e. The minimum absolute atomic E-state index is 0.161. The Kier molecular flexibility index (Phi) is 3.66. The Morgan fingerprint density at radius 3 is 2.96 bits per heavy atom. The monoisotopic (exact) mass is 333 g/mol. The highest BCUT2D eigenvalue weighted by atomic mass is 16.3. The molecular formula is C18H15N5O2. The summed E-state index contributed by atoms with van der Waals surface area (Å²) in [5.41, 5.74) is 3.32. The molecule has 0 radical (unpaired) electrons. The van der Waals surface area contributed by atoms with Crippen molar-refractivity contribution in [1.29, 1.82) is 0 Å². The number of aromatic hydroxyl groups is 1. The van der Waals surface area contributed by atoms with Crippen molar-refractivity contribution < 1.29 is 9.90 Å². The van der Waals surface area contributed by atoms with Gasteiger partial charge in [0.1, 0.15) is 5.75 Å². The number of hydrogen-bond donors (Lipinski definition) is 4. The second-order valence-electron chi connectivity index (χ2n) is 5.59. The van der Waals surface area contributed by atoms with E-state index >= 15 is 0 Å². The summed E-state index contributed by atoms with van der Waals surface area (Å²) in [5.74, 6) is -0.0679. The van der Waals surface area contributed by atoms with Gasteiger partial charge in [0.25, 0.3) is 5.91 Å². The average Bonchev–Trinajstić information content (AvgIpc) is 3.27. The Hall–Kier alpha value is -3.61. The number of pyridine rings is 1. The normalized spacial score (nSPS) is 10.9. The lowest BCUT2D eigenvalue weighted by atomic mass is 10.2. The van der Waals surface area contributed by atoms with Crippen LogP contribution in [0.2, 0.25) is 0 Å². The van der Waals surface area contributed by atoms with Crippen LogP contribution in [0.15, 0.2) is 54.9 Å². The van der Waals surface area contributed by atoms with Gasteiger partial charge >= 0.3 is 0 Å². The first kappa shape index (κ1) is 14.9. The molecule has 7 nitrogen and oxygen atoms in total. The molecule has 0 spiro atoms. The van der Waals surface area contributed by atoms with Gasteiger partial charge in [-0.2, -0.15) is 5.10 Å². The van der Waals surface area contributed by atoms with Gasteiger partial charge in [-0.05, 0) is 24.3 Å². The fraction of sp³-hybridized carbons (Fsp3) is 0.0556. The van der Waals surface area contributed by atoms with Gasteiger partial charge < -0.3 is 15.4 Å². The van der Waals surface area contributed by atoms with Crippen LogP contribution in [-0.4, -0.2) is 31.2 Å². The van der Waals surface area contributed by atoms with Crippen LogP contribution < -0.4 is 5.32 Å². The molecule has 3 heterocycles. The highest BCUT2D eigenvalue weighted by Gasteiger charge is 2.13. The average molecular weight is 333 g/mol. The second kappa shape index (κ2) is 6.12. The molecule has 124 valence electrons. The summed E-state index contributed by atoms with van der Waals surface area (Å²) >= 11 is 0. The van der Waals surface area contributed by atoms with Crippen LogP contribution >= 0.6 is 0 Å². The number of phenols is 1. The van der Waals surface area contributed by atoms with E-state index in [0.717, 1.165) is 16.8 Å². The zero-order valence-electron chi connectivity index (χ0n) is 13.2. The highest BCUT2D eigenvalue weighted by Crippen LogP contribution is 2.24. The highest BCUT2D eigenvalue weighted by molar-refractivity contribution is 5.97. The molecule has 7 heteroatoms. The molecule has 0 aliphatic heterocycles. The van der Waals surface area contributed by atoms with E-state index in [1.807, 2.05) is 18.2 Å². The molecule has 4 aromatic rings. The van der Waals surface area contributed by atoms with Crippen LogP contribution in [0.1, 0.15) is 15.9 Å². The molecule has 0 unspecified atom stereocenters. The van der Waals surface area contributed by atoms with Crippen LogP contribution in [-0.2, 0) is 6.54 Å². The van der Waals surface area contributed by atoms with Gasteiger partial charge in [0.15, 0.2) is 5.65 Å². The Morgan fingerprint density at radius 1 is 1.20 bits per heavy atom. The van der Waals surface area contributed by atoms with Gasteiger partial charge in [-0.1, -0.05) is 18.2 Å². The molecule has 0 aliphatic rings. The maximum absolute atomic E-state index is 12.3. The van der Waals surface area contributed by atoms with Crippen molar-refractivity contribution >= 4 is 16.9 Å². The molecule has 0 saturated carbocycles. The molecule has 3 aromatic heterocycles. The van der Waals surface area contributed by atoms with Crippen molar-refractivity contribution in [2.45, 2.75) is 6.54 Å². The third-order valence-electron chi connectivity index (χ3n) is 3.98. The number of benzene rings is 1. The van der Waals surface area contributed by atoms with Crippen LogP contribution in [0.3, 0.4) is 0 Å². The number of hydrogen-bond acceptors (Lipinski definition) is 4. The van der Waals surface area contributed by atoms with Crippen molar-refractivity contribution in [1.82, 2.24) is 25.5 Å². The number of para-hydroxylation sites is 1. The number of carbonyl (C=O) groups excluding carboxylic acids is 1. The lowest BCUT2D eigenvalue weighted by Gasteiger charge is -2.05. The van der Waals surface area contributed by atoms with E-state index in [1.165, 1.54) is 0 Å². The van der Waals surface area contributed by atoms with Gasteiger partial charge in [0.05, 0.1) is 17.0 Å². The summed E-state index contributed by atoms with van der Waals surface area (Å²) in [6.07, 6.45) is 3.32. The van der Waals surface area contributed by atoms with Gasteiger partial charge in [-0.15, -0.1) is 0 Å². The smallest absolute Gasteiger partial charge is 0.253 e. The minimum Gasteiger partial charge on any atom is -0.508 e. The lowest BCUT2D eigenvalue weighted by molar-refractivity contribution is 0.0951. The number of carbonyl (C=O) groups is 1. The van der Waals surface area contributed by atoms with Gasteiger partial charge in [-0.3, -0.25) is 9.89 Å². The molecule has 0 saturated heterocycles. The van der Waals surface area contributed by atoms with E-state index in [9.17, 15) is 9.90 Å². The van der Waals surface area contributed by atoms with Gasteiger partial charge in [-0.25, -0.2) is 4.98 Å². The summed E-state index contributed by atoms with van der Waals surface area (Å²) in [5, 5.41) is 20.5. The van der Waals surface area contributed by atoms with Crippen molar-refractivity contribution in [2.75, 3.05) is 0 Å². The quantitative estimate of drug-likeness (QED) is 0.460. The topological polar surface area (TPSA) is 107 Å². The number of amides is 1. The molecule has 0 bridgehead atoms. The number of aromatic amines is 2. The predicted molar refractivity (Wildman–Crippen MR) is 93.0 cm³/mol. The summed E-state index contributed by atoms with van der Waals surface area (Å²) in [7, 11) is 0. The van der Waals surface area contributed by atoms with E-state index < -0.39 is 0 Å². The standard InChI is InChI=1S/C18H15N5O2/c24-15-6-2-1-4-11(15)9-21-18(25)12-8-14(20-10-12)16-13-5-3-7-19-17(13)23-22-16/h1-8,10,20,24H,9H2,(H,21,25)(H,19,22,23). The maximum Gasteiger partial charge on any atom is 0.253 e. The lowest BCUT2D eigenvalue weighted by Crippen LogP contribution is -2.22. The fourth-order valence-electron chi connectivity index (χ4n) is 2.66. The zero-order valence-corrected chi connectivity index (χ0v) is 13.2. The van der Waals surface area contributed by atoms with Gasteiger partial charge in [0, 0.05) is 29.9 Å². The summed E-state index contributed by atoms with van der Waals surface area (Å²) in [6.45, 7) is 0.253. The number of nitrogens with one attached hydrogen (secondary N) is 3. The summed E-state index contributed by atoms with van der Waals surface area (Å²) < 4.78 is 0.